The number of sulfonamides is 1. The molecule has 1 aliphatic rings. The molecule has 0 radical (unpaired) electrons. The first-order valence-electron chi connectivity index (χ1n) is 4.92. The number of nitrogens with two attached hydrogens (primary N) is 2. The van der Waals surface area contributed by atoms with Gasteiger partial charge in [0.15, 0.2) is 0 Å². The Hall–Kier alpha value is -1.07. The molecule has 0 saturated carbocycles. The van der Waals surface area contributed by atoms with E-state index in [1.165, 1.54) is 6.07 Å². The van der Waals surface area contributed by atoms with E-state index >= 15 is 0 Å². The van der Waals surface area contributed by atoms with E-state index in [4.69, 9.17) is 10.9 Å². The van der Waals surface area contributed by atoms with Gasteiger partial charge in [0, 0.05) is 5.69 Å². The fourth-order valence-corrected chi connectivity index (χ4v) is 2.63. The first kappa shape index (κ1) is 10.4. The molecule has 0 heterocycles. The van der Waals surface area contributed by atoms with Crippen molar-refractivity contribution in [1.82, 2.24) is 0 Å². The zero-order chi connectivity index (χ0) is 11.1. The summed E-state index contributed by atoms with van der Waals surface area (Å²) in [5.74, 6) is 0. The maximum atomic E-state index is 11.2. The highest BCUT2D eigenvalue weighted by atomic mass is 32.2. The second-order valence-corrected chi connectivity index (χ2v) is 5.46. The highest BCUT2D eigenvalue weighted by molar-refractivity contribution is 7.89. The monoisotopic (exact) mass is 226 g/mol. The van der Waals surface area contributed by atoms with Gasteiger partial charge in [-0.3, -0.25) is 0 Å². The van der Waals surface area contributed by atoms with Gasteiger partial charge in [-0.25, -0.2) is 13.6 Å². The third kappa shape index (κ3) is 1.98. The van der Waals surface area contributed by atoms with Crippen LogP contribution < -0.4 is 10.9 Å². The molecule has 4 nitrogen and oxygen atoms in total. The van der Waals surface area contributed by atoms with Crippen molar-refractivity contribution >= 4 is 15.7 Å². The van der Waals surface area contributed by atoms with Gasteiger partial charge in [0.05, 0.1) is 4.90 Å². The molecule has 0 saturated heterocycles. The van der Waals surface area contributed by atoms with E-state index in [1.807, 2.05) is 0 Å². The van der Waals surface area contributed by atoms with Crippen LogP contribution in [0.2, 0.25) is 0 Å². The van der Waals surface area contributed by atoms with Crippen molar-refractivity contribution < 1.29 is 8.42 Å². The van der Waals surface area contributed by atoms with Gasteiger partial charge in [0.2, 0.25) is 10.0 Å². The summed E-state index contributed by atoms with van der Waals surface area (Å²) in [4.78, 5) is 0.126. The van der Waals surface area contributed by atoms with E-state index < -0.39 is 10.0 Å². The van der Waals surface area contributed by atoms with Gasteiger partial charge in [-0.1, -0.05) is 0 Å². The molecule has 2 rings (SSSR count). The zero-order valence-electron chi connectivity index (χ0n) is 8.36. The van der Waals surface area contributed by atoms with Crippen LogP contribution in [0.5, 0.6) is 0 Å². The maximum absolute atomic E-state index is 11.2. The van der Waals surface area contributed by atoms with Crippen molar-refractivity contribution in [2.24, 2.45) is 5.14 Å². The standard InChI is InChI=1S/C10H14N2O2S/c11-10-6-8(15(12,13)14)5-7-3-1-2-4-9(7)10/h5-6H,1-4,11H2,(H2,12,13,14). The second kappa shape index (κ2) is 3.50. The van der Waals surface area contributed by atoms with Gasteiger partial charge in [-0.2, -0.15) is 0 Å². The number of rotatable bonds is 1. The summed E-state index contributed by atoms with van der Waals surface area (Å²) < 4.78 is 22.4. The lowest BCUT2D eigenvalue weighted by Crippen LogP contribution is -2.15. The molecule has 0 fully saturated rings. The van der Waals surface area contributed by atoms with Crippen LogP contribution in [0.15, 0.2) is 17.0 Å². The lowest BCUT2D eigenvalue weighted by Gasteiger charge is -2.18. The number of fused-ring (bicyclic) bond motifs is 1. The Morgan fingerprint density at radius 1 is 1.13 bits per heavy atom. The third-order valence-electron chi connectivity index (χ3n) is 2.80. The number of anilines is 1. The Bertz CT molecular complexity index is 494. The molecule has 0 aliphatic heterocycles. The highest BCUT2D eigenvalue weighted by Crippen LogP contribution is 2.28. The average Bonchev–Trinajstić information content (AvgIpc) is 2.16. The zero-order valence-corrected chi connectivity index (χ0v) is 9.18. The molecule has 0 amide bonds. The Morgan fingerprint density at radius 2 is 1.80 bits per heavy atom. The maximum Gasteiger partial charge on any atom is 0.238 e. The minimum atomic E-state index is -3.64. The summed E-state index contributed by atoms with van der Waals surface area (Å²) in [5, 5.41) is 5.08. The smallest absolute Gasteiger partial charge is 0.238 e. The van der Waals surface area contributed by atoms with Crippen LogP contribution in [-0.4, -0.2) is 8.42 Å². The Kier molecular flexibility index (Phi) is 2.44. The van der Waals surface area contributed by atoms with Crippen LogP contribution >= 0.6 is 0 Å². The molecular formula is C10H14N2O2S. The third-order valence-corrected chi connectivity index (χ3v) is 3.69. The van der Waals surface area contributed by atoms with Crippen LogP contribution in [0.1, 0.15) is 24.0 Å². The van der Waals surface area contributed by atoms with Gasteiger partial charge in [0.25, 0.3) is 0 Å². The molecule has 0 unspecified atom stereocenters. The quantitative estimate of drug-likeness (QED) is 0.694. The van der Waals surface area contributed by atoms with Crippen LogP contribution in [0.3, 0.4) is 0 Å². The molecule has 0 bridgehead atoms. The average molecular weight is 226 g/mol. The molecule has 0 spiro atoms. The van der Waals surface area contributed by atoms with Crippen molar-refractivity contribution in [2.75, 3.05) is 5.73 Å². The van der Waals surface area contributed by atoms with Gasteiger partial charge >= 0.3 is 0 Å². The van der Waals surface area contributed by atoms with Crippen LogP contribution in [0.25, 0.3) is 0 Å². The molecule has 82 valence electrons. The highest BCUT2D eigenvalue weighted by Gasteiger charge is 2.17. The van der Waals surface area contributed by atoms with Gasteiger partial charge in [-0.05, 0) is 48.9 Å². The topological polar surface area (TPSA) is 86.2 Å². The summed E-state index contributed by atoms with van der Waals surface area (Å²) in [5.41, 5.74) is 8.49. The van der Waals surface area contributed by atoms with Gasteiger partial charge in [0.1, 0.15) is 0 Å². The first-order valence-corrected chi connectivity index (χ1v) is 6.47. The number of hydrogen-bond acceptors (Lipinski definition) is 3. The predicted octanol–water partition coefficient (Wildman–Crippen LogP) is 0.795. The van der Waals surface area contributed by atoms with E-state index in [0.717, 1.165) is 36.8 Å². The second-order valence-electron chi connectivity index (χ2n) is 3.90. The molecule has 15 heavy (non-hydrogen) atoms. The van der Waals surface area contributed by atoms with E-state index in [0.29, 0.717) is 5.69 Å². The summed E-state index contributed by atoms with van der Waals surface area (Å²) in [6.45, 7) is 0. The molecule has 1 aliphatic carbocycles. The van der Waals surface area contributed by atoms with Gasteiger partial charge < -0.3 is 5.73 Å². The molecular weight excluding hydrogens is 212 g/mol. The summed E-state index contributed by atoms with van der Waals surface area (Å²) in [6.07, 6.45) is 4.03. The Balaban J connectivity index is 2.60. The fourth-order valence-electron chi connectivity index (χ4n) is 2.04. The predicted molar refractivity (Wildman–Crippen MR) is 58.9 cm³/mol. The molecule has 4 N–H and O–H groups in total. The molecule has 1 aromatic rings. The van der Waals surface area contributed by atoms with Crippen molar-refractivity contribution in [3.8, 4) is 0 Å². The molecule has 0 atom stereocenters. The molecule has 5 heteroatoms. The largest absolute Gasteiger partial charge is 0.398 e. The minimum Gasteiger partial charge on any atom is -0.398 e. The molecule has 0 aromatic heterocycles. The summed E-state index contributed by atoms with van der Waals surface area (Å²) >= 11 is 0. The lowest BCUT2D eigenvalue weighted by atomic mass is 9.91. The van der Waals surface area contributed by atoms with Crippen molar-refractivity contribution in [3.05, 3.63) is 23.3 Å². The fraction of sp³-hybridized carbons (Fsp3) is 0.400. The number of nitrogen functional groups attached to an aromatic ring is 1. The Labute approximate surface area is 89.3 Å². The number of hydrogen-bond donors (Lipinski definition) is 2. The van der Waals surface area contributed by atoms with Crippen molar-refractivity contribution in [1.29, 1.82) is 0 Å². The SMILES string of the molecule is Nc1cc(S(N)(=O)=O)cc2c1CCCC2. The lowest BCUT2D eigenvalue weighted by molar-refractivity contribution is 0.597. The van der Waals surface area contributed by atoms with E-state index in [2.05, 4.69) is 0 Å². The Morgan fingerprint density at radius 3 is 2.47 bits per heavy atom. The minimum absolute atomic E-state index is 0.126. The van der Waals surface area contributed by atoms with Gasteiger partial charge in [-0.15, -0.1) is 0 Å². The van der Waals surface area contributed by atoms with E-state index in [9.17, 15) is 8.42 Å². The number of aryl methyl sites for hydroxylation is 1. The summed E-state index contributed by atoms with van der Waals surface area (Å²) in [7, 11) is -3.64. The van der Waals surface area contributed by atoms with E-state index in [1.54, 1.807) is 6.07 Å². The normalized spacial score (nSPS) is 16.1. The van der Waals surface area contributed by atoms with Crippen LogP contribution in [-0.2, 0) is 22.9 Å². The summed E-state index contributed by atoms with van der Waals surface area (Å²) in [6, 6.07) is 3.11. The van der Waals surface area contributed by atoms with Crippen molar-refractivity contribution in [3.63, 3.8) is 0 Å². The number of primary sulfonamides is 1. The molecule has 1 aromatic carbocycles. The number of benzene rings is 1. The van der Waals surface area contributed by atoms with Crippen LogP contribution in [0.4, 0.5) is 5.69 Å². The van der Waals surface area contributed by atoms with Crippen molar-refractivity contribution in [2.45, 2.75) is 30.6 Å². The van der Waals surface area contributed by atoms with Crippen LogP contribution in [0, 0.1) is 0 Å². The first-order chi connectivity index (χ1) is 6.98. The van der Waals surface area contributed by atoms with E-state index in [-0.39, 0.29) is 4.90 Å².